The number of benzene rings is 1. The van der Waals surface area contributed by atoms with Gasteiger partial charge in [0.15, 0.2) is 0 Å². The molecule has 0 spiro atoms. The molecule has 332 valence electrons. The van der Waals surface area contributed by atoms with Crippen molar-refractivity contribution in [2.24, 2.45) is 11.3 Å². The van der Waals surface area contributed by atoms with Gasteiger partial charge in [0.1, 0.15) is 18.1 Å². The van der Waals surface area contributed by atoms with E-state index in [-0.39, 0.29) is 43.2 Å². The van der Waals surface area contributed by atoms with Crippen molar-refractivity contribution in [1.29, 1.82) is 0 Å². The monoisotopic (exact) mass is 868 g/mol. The number of thiazole rings is 1. The van der Waals surface area contributed by atoms with Crippen molar-refractivity contribution in [3.63, 3.8) is 0 Å². The van der Waals surface area contributed by atoms with Crippen LogP contribution in [0.4, 0.5) is 4.79 Å². The molecule has 62 heavy (non-hydrogen) atoms. The molecule has 6 atom stereocenters. The first kappa shape index (κ1) is 43.7. The fourth-order valence-electron chi connectivity index (χ4n) is 9.70. The largest absolute Gasteiger partial charge is 0.464 e. The molecule has 4 amide bonds. The third-order valence-corrected chi connectivity index (χ3v) is 13.8. The van der Waals surface area contributed by atoms with Gasteiger partial charge < -0.3 is 33.9 Å². The summed E-state index contributed by atoms with van der Waals surface area (Å²) in [6.45, 7) is 14.3. The number of carbonyl (C=O) groups is 4. The van der Waals surface area contributed by atoms with E-state index in [9.17, 15) is 19.2 Å². The molecule has 8 rings (SSSR count). The Hall–Kier alpha value is -4.90. The Morgan fingerprint density at radius 3 is 2.63 bits per heavy atom. The zero-order valence-electron chi connectivity index (χ0n) is 37.1. The number of methoxy groups -OCH3 is 1. The third kappa shape index (κ3) is 8.33. The maximum absolute atomic E-state index is 14.6. The van der Waals surface area contributed by atoms with E-state index in [1.807, 2.05) is 37.1 Å². The SMILES string of the molecule is CCn1c(-c2cccnc2[C@H](C)OC)c2c3cc(ccc31)-c1csc(n1)C[C@H](NC(=O)C(C(C)C)N(C)C(=O)N1C3COCC1C3)C(=O)N1CCC[C@H](N1)C(=O)OCC(C)(C)C2. The fraction of sp³-hybridized carbons (Fsp3) is 0.565. The van der Waals surface area contributed by atoms with Gasteiger partial charge in [0, 0.05) is 72.7 Å². The molecule has 3 fully saturated rings. The number of hydrogen-bond donors (Lipinski definition) is 2. The minimum atomic E-state index is -1.04. The summed E-state index contributed by atoms with van der Waals surface area (Å²) in [4.78, 5) is 69.8. The predicted octanol–water partition coefficient (Wildman–Crippen LogP) is 5.75. The van der Waals surface area contributed by atoms with E-state index in [4.69, 9.17) is 24.2 Å². The molecule has 4 aliphatic heterocycles. The van der Waals surface area contributed by atoms with Gasteiger partial charge in [-0.25, -0.2) is 15.2 Å². The zero-order chi connectivity index (χ0) is 44.0. The molecule has 3 saturated heterocycles. The number of esters is 1. The van der Waals surface area contributed by atoms with Crippen molar-refractivity contribution >= 4 is 46.1 Å². The van der Waals surface area contributed by atoms with Crippen LogP contribution in [0.2, 0.25) is 0 Å². The number of amides is 4. The first-order chi connectivity index (χ1) is 29.7. The van der Waals surface area contributed by atoms with Gasteiger partial charge in [-0.1, -0.05) is 33.8 Å². The number of carbonyl (C=O) groups excluding carboxylic acids is 4. The number of pyridine rings is 1. The van der Waals surface area contributed by atoms with Crippen LogP contribution >= 0.6 is 11.3 Å². The fourth-order valence-corrected chi connectivity index (χ4v) is 10.5. The van der Waals surface area contributed by atoms with E-state index in [0.717, 1.165) is 51.1 Å². The van der Waals surface area contributed by atoms with E-state index in [0.29, 0.717) is 50.6 Å². The first-order valence-corrected chi connectivity index (χ1v) is 22.8. The van der Waals surface area contributed by atoms with Crippen molar-refractivity contribution in [3.05, 3.63) is 58.2 Å². The molecule has 8 bridgehead atoms. The maximum Gasteiger partial charge on any atom is 0.324 e. The lowest BCUT2D eigenvalue weighted by Crippen LogP contribution is -2.69. The number of ether oxygens (including phenoxy) is 3. The number of morpholine rings is 1. The molecular formula is C46H60N8O7S. The molecule has 15 nitrogen and oxygen atoms in total. The Labute approximate surface area is 367 Å². The highest BCUT2D eigenvalue weighted by molar-refractivity contribution is 7.10. The number of likely N-dealkylation sites (N-methyl/N-ethyl adjacent to an activating group) is 1. The van der Waals surface area contributed by atoms with Gasteiger partial charge in [0.25, 0.3) is 5.91 Å². The third-order valence-electron chi connectivity index (χ3n) is 12.9. The second-order valence-corrected chi connectivity index (χ2v) is 19.3. The predicted molar refractivity (Wildman–Crippen MR) is 236 cm³/mol. The molecule has 0 aliphatic carbocycles. The second-order valence-electron chi connectivity index (χ2n) is 18.3. The zero-order valence-corrected chi connectivity index (χ0v) is 37.9. The molecule has 3 unspecified atom stereocenters. The van der Waals surface area contributed by atoms with Gasteiger partial charge >= 0.3 is 12.0 Å². The lowest BCUT2D eigenvalue weighted by molar-refractivity contribution is -0.155. The van der Waals surface area contributed by atoms with Crippen LogP contribution in [0, 0.1) is 11.3 Å². The molecule has 1 aromatic carbocycles. The number of aromatic nitrogens is 3. The maximum atomic E-state index is 14.6. The average Bonchev–Trinajstić information content (AvgIpc) is 3.86. The minimum Gasteiger partial charge on any atom is -0.464 e. The van der Waals surface area contributed by atoms with Crippen LogP contribution in [-0.4, -0.2) is 124 Å². The summed E-state index contributed by atoms with van der Waals surface area (Å²) in [6, 6.07) is 7.58. The van der Waals surface area contributed by atoms with Crippen LogP contribution in [0.3, 0.4) is 0 Å². The molecule has 4 aromatic rings. The van der Waals surface area contributed by atoms with E-state index < -0.39 is 41.3 Å². The molecule has 0 radical (unpaired) electrons. The Morgan fingerprint density at radius 1 is 1.15 bits per heavy atom. The van der Waals surface area contributed by atoms with Gasteiger partial charge in [-0.2, -0.15) is 0 Å². The summed E-state index contributed by atoms with van der Waals surface area (Å²) in [7, 11) is 3.34. The van der Waals surface area contributed by atoms with E-state index in [1.54, 1.807) is 20.4 Å². The Balaban J connectivity index is 1.18. The number of nitrogens with zero attached hydrogens (tertiary/aromatic N) is 6. The summed E-state index contributed by atoms with van der Waals surface area (Å²) in [5, 5.41) is 8.21. The van der Waals surface area contributed by atoms with Crippen molar-refractivity contribution in [3.8, 4) is 22.5 Å². The highest BCUT2D eigenvalue weighted by atomic mass is 32.1. The van der Waals surface area contributed by atoms with Crippen LogP contribution < -0.4 is 10.7 Å². The van der Waals surface area contributed by atoms with Crippen molar-refractivity contribution in [2.45, 2.75) is 117 Å². The lowest BCUT2D eigenvalue weighted by atomic mass is 9.84. The normalized spacial score (nSPS) is 23.6. The van der Waals surface area contributed by atoms with Crippen molar-refractivity contribution < 1.29 is 33.4 Å². The molecule has 7 heterocycles. The van der Waals surface area contributed by atoms with Gasteiger partial charge in [-0.05, 0) is 75.3 Å². The lowest BCUT2D eigenvalue weighted by Gasteiger charge is -2.53. The van der Waals surface area contributed by atoms with Crippen LogP contribution in [-0.2, 0) is 48.0 Å². The Morgan fingerprint density at radius 2 is 1.92 bits per heavy atom. The number of cyclic esters (lactones) is 1. The summed E-state index contributed by atoms with van der Waals surface area (Å²) in [5.41, 5.74) is 9.39. The van der Waals surface area contributed by atoms with E-state index >= 15 is 0 Å². The van der Waals surface area contributed by atoms with Crippen LogP contribution in [0.5, 0.6) is 0 Å². The number of nitrogens with one attached hydrogen (secondary N) is 2. The first-order valence-electron chi connectivity index (χ1n) is 21.9. The Kier molecular flexibility index (Phi) is 12.5. The molecular weight excluding hydrogens is 809 g/mol. The van der Waals surface area contributed by atoms with Crippen LogP contribution in [0.25, 0.3) is 33.4 Å². The number of rotatable bonds is 8. The number of hydrazine groups is 1. The van der Waals surface area contributed by atoms with Gasteiger partial charge in [-0.3, -0.25) is 24.4 Å². The number of hydrogen-bond acceptors (Lipinski definition) is 11. The highest BCUT2D eigenvalue weighted by Crippen LogP contribution is 2.42. The quantitative estimate of drug-likeness (QED) is 0.209. The standard InChI is InChI=1S/C46H60N8O7S/c1-9-52-37-15-14-28-18-32(37)33(41(52)31-12-10-16-47-39(31)27(4)59-8)21-46(5,6)25-61-44(57)34-13-11-17-53(50-34)43(56)35(20-38-48-36(28)24-62-38)49-42(55)40(26(2)3)51(7)45(58)54-29-19-30(54)23-60-22-29/h10,12,14-16,18,24,26-27,29-30,34-35,40,50H,9,11,13,17,19-23,25H2,1-8H3,(H,49,55)/t27-,29?,30?,34-,35-,40?/m0/s1. The van der Waals surface area contributed by atoms with Gasteiger partial charge in [0.05, 0.1) is 60.1 Å². The molecule has 16 heteroatoms. The second kappa shape index (κ2) is 17.7. The average molecular weight is 869 g/mol. The van der Waals surface area contributed by atoms with Crippen molar-refractivity contribution in [2.75, 3.05) is 40.5 Å². The summed E-state index contributed by atoms with van der Waals surface area (Å²) < 4.78 is 19.8. The van der Waals surface area contributed by atoms with E-state index in [2.05, 4.69) is 60.3 Å². The van der Waals surface area contributed by atoms with Crippen LogP contribution in [0.1, 0.15) is 83.2 Å². The smallest absolute Gasteiger partial charge is 0.324 e. The number of fused-ring (bicyclic) bond motifs is 8. The van der Waals surface area contributed by atoms with Crippen molar-refractivity contribution in [1.82, 2.24) is 40.1 Å². The number of aryl methyl sites for hydroxylation is 1. The highest BCUT2D eigenvalue weighted by Gasteiger charge is 2.48. The molecule has 0 saturated carbocycles. The Bertz CT molecular complexity index is 2330. The molecule has 2 N–H and O–H groups in total. The van der Waals surface area contributed by atoms with E-state index in [1.165, 1.54) is 21.2 Å². The minimum absolute atomic E-state index is 0.00228. The molecule has 4 aliphatic rings. The number of urea groups is 1. The van der Waals surface area contributed by atoms with Crippen LogP contribution in [0.15, 0.2) is 41.9 Å². The summed E-state index contributed by atoms with van der Waals surface area (Å²) in [6.07, 6.45) is 4.19. The van der Waals surface area contributed by atoms with Gasteiger partial charge in [0.2, 0.25) is 5.91 Å². The summed E-state index contributed by atoms with van der Waals surface area (Å²) in [5.74, 6) is -1.52. The van der Waals surface area contributed by atoms with Gasteiger partial charge in [-0.15, -0.1) is 11.3 Å². The molecule has 3 aromatic heterocycles. The summed E-state index contributed by atoms with van der Waals surface area (Å²) >= 11 is 1.43. The topological polar surface area (TPSA) is 160 Å².